The predicted molar refractivity (Wildman–Crippen MR) is 103 cm³/mol. The molecule has 1 aliphatic rings. The quantitative estimate of drug-likeness (QED) is 0.364. The van der Waals surface area contributed by atoms with Crippen molar-refractivity contribution in [2.24, 2.45) is 0 Å². The van der Waals surface area contributed by atoms with Crippen LogP contribution in [0.1, 0.15) is 12.0 Å². The maximum Gasteiger partial charge on any atom is 1.00 e. The largest absolute Gasteiger partial charge is 1.00 e. The van der Waals surface area contributed by atoms with Crippen molar-refractivity contribution < 1.29 is 58.9 Å². The number of carbonyl (C=O) groups excluding carboxylic acids is 3. The van der Waals surface area contributed by atoms with E-state index in [-0.39, 0.29) is 54.8 Å². The molecule has 9 nitrogen and oxygen atoms in total. The summed E-state index contributed by atoms with van der Waals surface area (Å²) >= 11 is 5.83. The molecule has 0 aliphatic carbocycles. The Bertz CT molecular complexity index is 995. The van der Waals surface area contributed by atoms with E-state index in [1.165, 1.54) is 11.1 Å². The van der Waals surface area contributed by atoms with Crippen LogP contribution >= 0.6 is 11.6 Å². The molecule has 2 N–H and O–H groups in total. The Morgan fingerprint density at radius 2 is 1.94 bits per heavy atom. The minimum absolute atomic E-state index is 0. The topological polar surface area (TPSA) is 132 Å². The average molecular weight is 454 g/mol. The molecular formula is C20H17ClN3NaO6. The molecule has 0 saturated carbocycles. The van der Waals surface area contributed by atoms with Crippen LogP contribution < -0.4 is 44.7 Å². The van der Waals surface area contributed by atoms with Crippen molar-refractivity contribution in [2.75, 3.05) is 13.1 Å². The second kappa shape index (κ2) is 11.1. The summed E-state index contributed by atoms with van der Waals surface area (Å²) in [6, 6.07) is 10.2. The number of aliphatic carboxylic acids is 1. The number of carboxylic acids is 1. The van der Waals surface area contributed by atoms with Gasteiger partial charge in [0.25, 0.3) is 11.8 Å². The average Bonchev–Trinajstić information content (AvgIpc) is 2.72. The smallest absolute Gasteiger partial charge is 0.548 e. The minimum Gasteiger partial charge on any atom is -0.548 e. The first-order valence-electron chi connectivity index (χ1n) is 8.91. The molecule has 1 aromatic carbocycles. The molecule has 3 rings (SSSR count). The third-order valence-electron chi connectivity index (χ3n) is 4.24. The number of carbonyl (C=O) groups is 3. The Kier molecular flexibility index (Phi) is 8.88. The molecule has 11 heteroatoms. The summed E-state index contributed by atoms with van der Waals surface area (Å²) in [5.41, 5.74) is 0.209. The van der Waals surface area contributed by atoms with Crippen molar-refractivity contribution in [3.63, 3.8) is 0 Å². The van der Waals surface area contributed by atoms with Crippen LogP contribution in [0.2, 0.25) is 5.02 Å². The van der Waals surface area contributed by atoms with Crippen molar-refractivity contribution in [1.82, 2.24) is 15.2 Å². The zero-order valence-electron chi connectivity index (χ0n) is 16.6. The number of rotatable bonds is 7. The number of nitrogens with one attached hydrogen (secondary N) is 1. The summed E-state index contributed by atoms with van der Waals surface area (Å²) in [5, 5.41) is 23.0. The summed E-state index contributed by atoms with van der Waals surface area (Å²) in [6.07, 6.45) is 1.61. The second-order valence-corrected chi connectivity index (χ2v) is 6.85. The fraction of sp³-hybridized carbons (Fsp3) is 0.200. The van der Waals surface area contributed by atoms with Gasteiger partial charge in [-0.25, -0.2) is 4.98 Å². The van der Waals surface area contributed by atoms with Crippen LogP contribution in [0.25, 0.3) is 0 Å². The molecule has 2 amide bonds. The summed E-state index contributed by atoms with van der Waals surface area (Å²) < 4.78 is 5.61. The molecule has 31 heavy (non-hydrogen) atoms. The van der Waals surface area contributed by atoms with Gasteiger partial charge in [0.1, 0.15) is 17.1 Å². The van der Waals surface area contributed by atoms with E-state index in [4.69, 9.17) is 16.3 Å². The van der Waals surface area contributed by atoms with E-state index < -0.39 is 29.9 Å². The summed E-state index contributed by atoms with van der Waals surface area (Å²) in [5.74, 6) is -2.62. The third kappa shape index (κ3) is 6.70. The monoisotopic (exact) mass is 453 g/mol. The van der Waals surface area contributed by atoms with Crippen LogP contribution in [0.4, 0.5) is 0 Å². The Balaban J connectivity index is 0.00000341. The van der Waals surface area contributed by atoms with Crippen LogP contribution in [-0.2, 0) is 20.9 Å². The Morgan fingerprint density at radius 1 is 1.23 bits per heavy atom. The number of ether oxygens (including phenoxy) is 1. The molecule has 0 unspecified atom stereocenters. The summed E-state index contributed by atoms with van der Waals surface area (Å²) in [7, 11) is 0. The van der Waals surface area contributed by atoms with E-state index in [9.17, 15) is 24.6 Å². The van der Waals surface area contributed by atoms with E-state index in [0.29, 0.717) is 22.2 Å². The number of pyridine rings is 1. The molecule has 0 fully saturated rings. The molecular weight excluding hydrogens is 437 g/mol. The number of hydrogen-bond donors (Lipinski definition) is 2. The van der Waals surface area contributed by atoms with Gasteiger partial charge in [-0.1, -0.05) is 17.7 Å². The number of benzene rings is 1. The van der Waals surface area contributed by atoms with Gasteiger partial charge in [0.05, 0.1) is 12.5 Å². The standard InChI is InChI=1S/C20H18ClN3O6.Na/c21-13-2-4-14(5-3-13)30-16-6-1-12(9-22-16)11-24-8-7-15(25)18(20(24)29)19(28)23-10-17(26)27;/h1-6,9,25H,7-8,10-11H2,(H,23,28)(H,26,27);/q;+1/p-1. The Labute approximate surface area is 205 Å². The number of hydrogen-bond acceptors (Lipinski definition) is 7. The predicted octanol–water partition coefficient (Wildman–Crippen LogP) is -2.06. The molecule has 156 valence electrons. The Morgan fingerprint density at radius 3 is 2.55 bits per heavy atom. The fourth-order valence-electron chi connectivity index (χ4n) is 2.78. The molecule has 0 spiro atoms. The first kappa shape index (κ1) is 24.7. The number of carboxylic acid groups (broad SMARTS) is 1. The van der Waals surface area contributed by atoms with Gasteiger partial charge in [-0.3, -0.25) is 9.59 Å². The van der Waals surface area contributed by atoms with Gasteiger partial charge in [-0.15, -0.1) is 0 Å². The van der Waals surface area contributed by atoms with E-state index in [2.05, 4.69) is 4.98 Å². The van der Waals surface area contributed by atoms with Crippen LogP contribution in [0.15, 0.2) is 53.9 Å². The number of amides is 2. The van der Waals surface area contributed by atoms with E-state index in [0.717, 1.165) is 0 Å². The molecule has 2 heterocycles. The van der Waals surface area contributed by atoms with Crippen molar-refractivity contribution in [3.05, 3.63) is 64.5 Å². The molecule has 2 aromatic rings. The van der Waals surface area contributed by atoms with Gasteiger partial charge in [-0.2, -0.15) is 0 Å². The van der Waals surface area contributed by atoms with E-state index in [1.54, 1.807) is 36.4 Å². The van der Waals surface area contributed by atoms with E-state index in [1.807, 2.05) is 5.32 Å². The van der Waals surface area contributed by atoms with Crippen molar-refractivity contribution in [1.29, 1.82) is 0 Å². The van der Waals surface area contributed by atoms with Gasteiger partial charge < -0.3 is 30.0 Å². The van der Waals surface area contributed by atoms with Crippen LogP contribution in [0, 0.1) is 0 Å². The Hall–Kier alpha value is -2.59. The second-order valence-electron chi connectivity index (χ2n) is 6.41. The molecule has 0 saturated heterocycles. The van der Waals surface area contributed by atoms with Gasteiger partial charge in [0, 0.05) is 36.8 Å². The molecule has 1 aliphatic heterocycles. The van der Waals surface area contributed by atoms with Crippen molar-refractivity contribution >= 4 is 29.4 Å². The first-order valence-corrected chi connectivity index (χ1v) is 9.29. The number of aliphatic hydroxyl groups excluding tert-OH is 1. The number of aliphatic hydroxyl groups is 1. The van der Waals surface area contributed by atoms with Crippen LogP contribution in [-0.4, -0.2) is 45.9 Å². The molecule has 0 atom stereocenters. The molecule has 0 bridgehead atoms. The van der Waals surface area contributed by atoms with Gasteiger partial charge in [-0.05, 0) is 29.8 Å². The number of halogens is 1. The summed E-state index contributed by atoms with van der Waals surface area (Å²) in [6.45, 7) is -0.412. The minimum atomic E-state index is -1.50. The molecule has 0 radical (unpaired) electrons. The van der Waals surface area contributed by atoms with Crippen molar-refractivity contribution in [3.8, 4) is 11.6 Å². The molecule has 1 aromatic heterocycles. The van der Waals surface area contributed by atoms with Gasteiger partial charge in [0.15, 0.2) is 0 Å². The fourth-order valence-corrected chi connectivity index (χ4v) is 2.90. The maximum atomic E-state index is 12.6. The van der Waals surface area contributed by atoms with E-state index >= 15 is 0 Å². The third-order valence-corrected chi connectivity index (χ3v) is 4.49. The zero-order chi connectivity index (χ0) is 21.7. The van der Waals surface area contributed by atoms with Crippen molar-refractivity contribution in [2.45, 2.75) is 13.0 Å². The number of aromatic nitrogens is 1. The number of nitrogens with zero attached hydrogens (tertiary/aromatic N) is 2. The summed E-state index contributed by atoms with van der Waals surface area (Å²) in [4.78, 5) is 40.7. The van der Waals surface area contributed by atoms with Crippen LogP contribution in [0.5, 0.6) is 11.6 Å². The SMILES string of the molecule is O=C([O-])CNC(=O)C1=C(O)CCN(Cc2ccc(Oc3ccc(Cl)cc3)nc2)C1=O.[Na+]. The normalized spacial score (nSPS) is 13.5. The van der Waals surface area contributed by atoms with Gasteiger partial charge >= 0.3 is 29.6 Å². The van der Waals surface area contributed by atoms with Crippen LogP contribution in [0.3, 0.4) is 0 Å². The zero-order valence-corrected chi connectivity index (χ0v) is 19.4. The first-order chi connectivity index (χ1) is 14.3. The maximum absolute atomic E-state index is 12.6. The van der Waals surface area contributed by atoms with Gasteiger partial charge in [0.2, 0.25) is 5.88 Å².